The highest BCUT2D eigenvalue weighted by Gasteiger charge is 2.27. The summed E-state index contributed by atoms with van der Waals surface area (Å²) in [7, 11) is 1.67. The lowest BCUT2D eigenvalue weighted by atomic mass is 10.3. The lowest BCUT2D eigenvalue weighted by molar-refractivity contribution is 0.361. The molecule has 4 nitrogen and oxygen atoms in total. The van der Waals surface area contributed by atoms with Gasteiger partial charge in [0.05, 0.1) is 19.3 Å². The Morgan fingerprint density at radius 1 is 1.69 bits per heavy atom. The minimum absolute atomic E-state index is 0.599. The van der Waals surface area contributed by atoms with Crippen LogP contribution in [0.15, 0.2) is 6.07 Å². The molecule has 1 fully saturated rings. The van der Waals surface area contributed by atoms with Gasteiger partial charge in [0, 0.05) is 18.5 Å². The molecule has 0 radical (unpaired) electrons. The average Bonchev–Trinajstić information content (AvgIpc) is 2.90. The summed E-state index contributed by atoms with van der Waals surface area (Å²) in [6.45, 7) is 1.33. The number of ether oxygens (including phenoxy) is 1. The summed E-state index contributed by atoms with van der Waals surface area (Å²) in [5.41, 5.74) is 6.63. The molecule has 1 aliphatic carbocycles. The zero-order valence-electron chi connectivity index (χ0n) is 7.86. The number of methoxy groups -OCH3 is 1. The fourth-order valence-corrected chi connectivity index (χ4v) is 1.44. The second kappa shape index (κ2) is 3.38. The van der Waals surface area contributed by atoms with E-state index >= 15 is 0 Å². The summed E-state index contributed by atoms with van der Waals surface area (Å²) >= 11 is 0. The zero-order valence-corrected chi connectivity index (χ0v) is 7.86. The molecule has 0 aliphatic heterocycles. The smallest absolute Gasteiger partial charge is 0.211 e. The molecule has 2 rings (SSSR count). The van der Waals surface area contributed by atoms with Gasteiger partial charge in [-0.3, -0.25) is 0 Å². The molecule has 0 amide bonds. The van der Waals surface area contributed by atoms with E-state index in [2.05, 4.69) is 5.10 Å². The third-order valence-electron chi connectivity index (χ3n) is 2.31. The van der Waals surface area contributed by atoms with E-state index in [1.807, 2.05) is 10.7 Å². The van der Waals surface area contributed by atoms with E-state index in [0.717, 1.165) is 18.1 Å². The normalized spacial score (nSPS) is 16.2. The Labute approximate surface area is 77.7 Å². The van der Waals surface area contributed by atoms with E-state index in [4.69, 9.17) is 10.5 Å². The third kappa shape index (κ3) is 1.67. The summed E-state index contributed by atoms with van der Waals surface area (Å²) in [5, 5.41) is 4.44. The Balaban J connectivity index is 2.20. The van der Waals surface area contributed by atoms with Gasteiger partial charge in [0.2, 0.25) is 5.88 Å². The van der Waals surface area contributed by atoms with Crippen molar-refractivity contribution in [1.82, 2.24) is 9.78 Å². The summed E-state index contributed by atoms with van der Waals surface area (Å²) in [6.07, 6.45) is 2.53. The lowest BCUT2D eigenvalue weighted by Crippen LogP contribution is -2.12. The first kappa shape index (κ1) is 8.56. The first-order valence-corrected chi connectivity index (χ1v) is 4.67. The van der Waals surface area contributed by atoms with Crippen LogP contribution in [0.4, 0.5) is 0 Å². The Morgan fingerprint density at radius 2 is 2.46 bits per heavy atom. The molecule has 0 atom stereocenters. The molecule has 1 heterocycles. The molecule has 0 aromatic carbocycles. The summed E-state index contributed by atoms with van der Waals surface area (Å²) in [4.78, 5) is 0. The van der Waals surface area contributed by atoms with Crippen LogP contribution in [0.3, 0.4) is 0 Å². The Kier molecular flexibility index (Phi) is 2.22. The van der Waals surface area contributed by atoms with Crippen LogP contribution in [0.1, 0.15) is 24.5 Å². The van der Waals surface area contributed by atoms with Crippen molar-refractivity contribution in [3.8, 4) is 5.88 Å². The van der Waals surface area contributed by atoms with E-state index in [0.29, 0.717) is 12.5 Å². The molecule has 2 N–H and O–H groups in total. The highest BCUT2D eigenvalue weighted by atomic mass is 16.5. The van der Waals surface area contributed by atoms with Gasteiger partial charge in [0.25, 0.3) is 0 Å². The highest BCUT2D eigenvalue weighted by Crippen LogP contribution is 2.40. The quantitative estimate of drug-likeness (QED) is 0.745. The third-order valence-corrected chi connectivity index (χ3v) is 2.31. The van der Waals surface area contributed by atoms with Gasteiger partial charge in [0.15, 0.2) is 0 Å². The molecule has 1 aromatic heterocycles. The summed E-state index contributed by atoms with van der Waals surface area (Å²) in [6, 6.07) is 2.02. The topological polar surface area (TPSA) is 53.1 Å². The number of nitrogens with zero attached hydrogens (tertiary/aromatic N) is 2. The van der Waals surface area contributed by atoms with Gasteiger partial charge in [0.1, 0.15) is 0 Å². The maximum atomic E-state index is 5.47. The summed E-state index contributed by atoms with van der Waals surface area (Å²) in [5.74, 6) is 1.50. The molecule has 13 heavy (non-hydrogen) atoms. The van der Waals surface area contributed by atoms with Crippen LogP contribution < -0.4 is 10.5 Å². The number of rotatable bonds is 4. The van der Waals surface area contributed by atoms with Gasteiger partial charge in [-0.15, -0.1) is 0 Å². The van der Waals surface area contributed by atoms with Crippen molar-refractivity contribution < 1.29 is 4.74 Å². The van der Waals surface area contributed by atoms with E-state index < -0.39 is 0 Å². The minimum atomic E-state index is 0.599. The van der Waals surface area contributed by atoms with Crippen molar-refractivity contribution in [1.29, 1.82) is 0 Å². The number of nitrogens with two attached hydrogens (primary N) is 1. The SMILES string of the molecule is COc1cc(C2CC2)nn1CCN. The van der Waals surface area contributed by atoms with E-state index in [-0.39, 0.29) is 0 Å². The number of aromatic nitrogens is 2. The lowest BCUT2D eigenvalue weighted by Gasteiger charge is -2.02. The fraction of sp³-hybridized carbons (Fsp3) is 0.667. The summed E-state index contributed by atoms with van der Waals surface area (Å²) < 4.78 is 7.04. The predicted octanol–water partition coefficient (Wildman–Crippen LogP) is 0.728. The molecule has 0 spiro atoms. The Bertz CT molecular complexity index is 291. The van der Waals surface area contributed by atoms with Gasteiger partial charge >= 0.3 is 0 Å². The molecule has 1 aromatic rings. The van der Waals surface area contributed by atoms with Crippen LogP contribution in [0.2, 0.25) is 0 Å². The minimum Gasteiger partial charge on any atom is -0.481 e. The number of hydrogen-bond acceptors (Lipinski definition) is 3. The Hall–Kier alpha value is -1.03. The van der Waals surface area contributed by atoms with Gasteiger partial charge in [-0.25, -0.2) is 4.68 Å². The first-order chi connectivity index (χ1) is 6.35. The van der Waals surface area contributed by atoms with Crippen LogP contribution >= 0.6 is 0 Å². The highest BCUT2D eigenvalue weighted by molar-refractivity contribution is 5.22. The van der Waals surface area contributed by atoms with Gasteiger partial charge < -0.3 is 10.5 Å². The van der Waals surface area contributed by atoms with Crippen LogP contribution in [-0.2, 0) is 6.54 Å². The maximum absolute atomic E-state index is 5.47. The van der Waals surface area contributed by atoms with Gasteiger partial charge in [-0.1, -0.05) is 0 Å². The molecule has 72 valence electrons. The number of hydrogen-bond donors (Lipinski definition) is 1. The van der Waals surface area contributed by atoms with Crippen molar-refractivity contribution in [3.05, 3.63) is 11.8 Å². The average molecular weight is 181 g/mol. The maximum Gasteiger partial charge on any atom is 0.211 e. The van der Waals surface area contributed by atoms with Crippen LogP contribution in [0.25, 0.3) is 0 Å². The molecule has 1 aliphatic rings. The van der Waals surface area contributed by atoms with Crippen LogP contribution in [0, 0.1) is 0 Å². The second-order valence-corrected chi connectivity index (χ2v) is 3.40. The van der Waals surface area contributed by atoms with Crippen molar-refractivity contribution >= 4 is 0 Å². The molecule has 4 heteroatoms. The van der Waals surface area contributed by atoms with Crippen molar-refractivity contribution in [2.24, 2.45) is 5.73 Å². The van der Waals surface area contributed by atoms with E-state index in [1.54, 1.807) is 7.11 Å². The molecule has 0 saturated heterocycles. The van der Waals surface area contributed by atoms with Crippen LogP contribution in [-0.4, -0.2) is 23.4 Å². The van der Waals surface area contributed by atoms with Crippen molar-refractivity contribution in [3.63, 3.8) is 0 Å². The van der Waals surface area contributed by atoms with E-state index in [9.17, 15) is 0 Å². The van der Waals surface area contributed by atoms with E-state index in [1.165, 1.54) is 12.8 Å². The molecular formula is C9H15N3O. The van der Waals surface area contributed by atoms with Crippen LogP contribution in [0.5, 0.6) is 5.88 Å². The Morgan fingerprint density at radius 3 is 3.00 bits per heavy atom. The van der Waals surface area contributed by atoms with Gasteiger partial charge in [-0.2, -0.15) is 5.10 Å². The largest absolute Gasteiger partial charge is 0.481 e. The predicted molar refractivity (Wildman–Crippen MR) is 49.8 cm³/mol. The molecule has 0 bridgehead atoms. The monoisotopic (exact) mass is 181 g/mol. The molecule has 1 saturated carbocycles. The molecular weight excluding hydrogens is 166 g/mol. The first-order valence-electron chi connectivity index (χ1n) is 4.67. The second-order valence-electron chi connectivity index (χ2n) is 3.40. The van der Waals surface area contributed by atoms with Crippen molar-refractivity contribution in [2.75, 3.05) is 13.7 Å². The van der Waals surface area contributed by atoms with Gasteiger partial charge in [-0.05, 0) is 12.8 Å². The zero-order chi connectivity index (χ0) is 9.26. The van der Waals surface area contributed by atoms with Crippen molar-refractivity contribution in [2.45, 2.75) is 25.3 Å². The fourth-order valence-electron chi connectivity index (χ4n) is 1.44. The molecule has 0 unspecified atom stereocenters. The standard InChI is InChI=1S/C9H15N3O/c1-13-9-6-8(7-2-3-7)11-12(9)5-4-10/h6-7H,2-5,10H2,1H3.